The van der Waals surface area contributed by atoms with Crippen molar-refractivity contribution in [3.8, 4) is 11.8 Å². The van der Waals surface area contributed by atoms with E-state index in [1.54, 1.807) is 0 Å². The van der Waals surface area contributed by atoms with Crippen LogP contribution in [0.1, 0.15) is 67.5 Å². The van der Waals surface area contributed by atoms with Gasteiger partial charge in [0, 0.05) is 28.9 Å². The van der Waals surface area contributed by atoms with Crippen molar-refractivity contribution in [2.45, 2.75) is 52.1 Å². The number of rotatable bonds is 5. The first-order valence-electron chi connectivity index (χ1n) is 11.1. The topological polar surface area (TPSA) is 52.2 Å². The second-order valence-electron chi connectivity index (χ2n) is 8.80. The highest BCUT2D eigenvalue weighted by Gasteiger charge is 2.24. The lowest BCUT2D eigenvalue weighted by molar-refractivity contribution is 0.102. The molecule has 0 radical (unpaired) electrons. The molecule has 1 aromatic heterocycles. The molecule has 4 rings (SSSR count). The lowest BCUT2D eigenvalue weighted by atomic mass is 9.99. The first-order chi connectivity index (χ1) is 14.5. The molecule has 2 aromatic carbocycles. The quantitative estimate of drug-likeness (QED) is 0.618. The van der Waals surface area contributed by atoms with Gasteiger partial charge < -0.3 is 14.6 Å². The molecule has 0 aliphatic carbocycles. The van der Waals surface area contributed by atoms with Gasteiger partial charge in [0.2, 0.25) is 0 Å². The molecule has 1 N–H and O–H groups in total. The fourth-order valence-corrected chi connectivity index (χ4v) is 4.73. The molecule has 4 nitrogen and oxygen atoms in total. The first kappa shape index (κ1) is 20.7. The second kappa shape index (κ2) is 8.63. The maximum atomic E-state index is 11.3. The molecular weight excluding hydrogens is 370 g/mol. The molecule has 0 amide bonds. The van der Waals surface area contributed by atoms with Gasteiger partial charge in [0.05, 0.1) is 23.3 Å². The summed E-state index contributed by atoms with van der Waals surface area (Å²) in [6, 6.07) is 16.5. The summed E-state index contributed by atoms with van der Waals surface area (Å²) in [5, 5.41) is 21.6. The average molecular weight is 402 g/mol. The number of hydrogen-bond acceptors (Lipinski definition) is 3. The zero-order valence-corrected chi connectivity index (χ0v) is 18.2. The van der Waals surface area contributed by atoms with E-state index in [0.717, 1.165) is 40.9 Å². The number of nitriles is 1. The summed E-state index contributed by atoms with van der Waals surface area (Å²) in [4.78, 5) is 2.39. The highest BCUT2D eigenvalue weighted by Crippen LogP contribution is 2.35. The first-order valence-corrected chi connectivity index (χ1v) is 11.1. The van der Waals surface area contributed by atoms with Crippen LogP contribution in [0.15, 0.2) is 42.5 Å². The Kier molecular flexibility index (Phi) is 5.94. The van der Waals surface area contributed by atoms with Gasteiger partial charge in [-0.05, 0) is 74.7 Å². The van der Waals surface area contributed by atoms with Crippen molar-refractivity contribution in [2.24, 2.45) is 0 Å². The van der Waals surface area contributed by atoms with Gasteiger partial charge in [-0.1, -0.05) is 32.4 Å². The Labute approximate surface area is 179 Å². The van der Waals surface area contributed by atoms with Crippen molar-refractivity contribution >= 4 is 10.9 Å². The standard InChI is InChI=1S/C26H31N3O/c1-18(2)21-9-12-23-24(15-21)29(22-10-7-20(16-27)8-11-22)19(3)26(23)25(30)17-28-13-5-4-6-14-28/h7-12,15,18,25,30H,4-6,13-14,17H2,1-3H3. The van der Waals surface area contributed by atoms with Crippen molar-refractivity contribution < 1.29 is 5.11 Å². The minimum Gasteiger partial charge on any atom is -0.387 e. The molecule has 4 heteroatoms. The number of likely N-dealkylation sites (tertiary alicyclic amines) is 1. The lowest BCUT2D eigenvalue weighted by Crippen LogP contribution is -2.33. The van der Waals surface area contributed by atoms with Gasteiger partial charge >= 0.3 is 0 Å². The molecule has 1 atom stereocenters. The Morgan fingerprint density at radius 1 is 1.03 bits per heavy atom. The summed E-state index contributed by atoms with van der Waals surface area (Å²) in [5.41, 5.74) is 6.17. The summed E-state index contributed by atoms with van der Waals surface area (Å²) >= 11 is 0. The summed E-state index contributed by atoms with van der Waals surface area (Å²) < 4.78 is 2.23. The third kappa shape index (κ3) is 3.88. The van der Waals surface area contributed by atoms with E-state index in [1.807, 2.05) is 24.3 Å². The number of benzene rings is 2. The Morgan fingerprint density at radius 2 is 1.73 bits per heavy atom. The van der Waals surface area contributed by atoms with E-state index in [0.29, 0.717) is 18.0 Å². The molecule has 1 saturated heterocycles. The number of nitrogens with zero attached hydrogens (tertiary/aromatic N) is 3. The summed E-state index contributed by atoms with van der Waals surface area (Å²) in [7, 11) is 0. The fraction of sp³-hybridized carbons (Fsp3) is 0.423. The second-order valence-corrected chi connectivity index (χ2v) is 8.80. The van der Waals surface area contributed by atoms with Crippen molar-refractivity contribution in [2.75, 3.05) is 19.6 Å². The van der Waals surface area contributed by atoms with Crippen molar-refractivity contribution in [1.82, 2.24) is 9.47 Å². The number of aliphatic hydroxyl groups is 1. The summed E-state index contributed by atoms with van der Waals surface area (Å²) in [5.74, 6) is 0.431. The number of aliphatic hydroxyl groups excluding tert-OH is 1. The zero-order chi connectivity index (χ0) is 21.3. The Hall–Kier alpha value is -2.61. The van der Waals surface area contributed by atoms with Crippen LogP contribution in [0.2, 0.25) is 0 Å². The molecule has 0 saturated carbocycles. The van der Waals surface area contributed by atoms with Gasteiger partial charge in [-0.25, -0.2) is 0 Å². The number of fused-ring (bicyclic) bond motifs is 1. The predicted octanol–water partition coefficient (Wildman–Crippen LogP) is 5.45. The number of piperidine rings is 1. The highest BCUT2D eigenvalue weighted by atomic mass is 16.3. The molecule has 2 heterocycles. The van der Waals surface area contributed by atoms with Crippen molar-refractivity contribution in [3.05, 3.63) is 64.8 Å². The molecule has 1 aliphatic rings. The third-order valence-corrected chi connectivity index (χ3v) is 6.41. The fourth-order valence-electron chi connectivity index (χ4n) is 4.73. The van der Waals surface area contributed by atoms with Crippen LogP contribution >= 0.6 is 0 Å². The monoisotopic (exact) mass is 401 g/mol. The Morgan fingerprint density at radius 3 is 2.37 bits per heavy atom. The molecule has 30 heavy (non-hydrogen) atoms. The van der Waals surface area contributed by atoms with Crippen LogP contribution in [0.5, 0.6) is 0 Å². The SMILES string of the molecule is Cc1c(C(O)CN2CCCCC2)c2ccc(C(C)C)cc2n1-c1ccc(C#N)cc1. The molecule has 3 aromatic rings. The van der Waals surface area contributed by atoms with Crippen LogP contribution in [0, 0.1) is 18.3 Å². The molecule has 156 valence electrons. The normalized spacial score (nSPS) is 16.1. The number of β-amino-alcohol motifs (C(OH)–C–C–N with tert-alkyl or cyclic N) is 1. The van der Waals surface area contributed by atoms with Crippen molar-refractivity contribution in [3.63, 3.8) is 0 Å². The maximum absolute atomic E-state index is 11.3. The molecule has 0 bridgehead atoms. The van der Waals surface area contributed by atoms with Crippen LogP contribution in [0.25, 0.3) is 16.6 Å². The van der Waals surface area contributed by atoms with Gasteiger partial charge in [0.15, 0.2) is 0 Å². The van der Waals surface area contributed by atoms with E-state index < -0.39 is 6.10 Å². The highest BCUT2D eigenvalue weighted by molar-refractivity contribution is 5.88. The zero-order valence-electron chi connectivity index (χ0n) is 18.2. The largest absolute Gasteiger partial charge is 0.387 e. The van der Waals surface area contributed by atoms with Gasteiger partial charge in [-0.15, -0.1) is 0 Å². The van der Waals surface area contributed by atoms with Crippen molar-refractivity contribution in [1.29, 1.82) is 5.26 Å². The molecular formula is C26H31N3O. The molecule has 1 aliphatic heterocycles. The van der Waals surface area contributed by atoms with Crippen LogP contribution in [-0.2, 0) is 0 Å². The van der Waals surface area contributed by atoms with Crippen LogP contribution in [0.3, 0.4) is 0 Å². The smallest absolute Gasteiger partial charge is 0.0991 e. The third-order valence-electron chi connectivity index (χ3n) is 6.41. The molecule has 1 unspecified atom stereocenters. The van der Waals surface area contributed by atoms with E-state index in [-0.39, 0.29) is 0 Å². The molecule has 1 fully saturated rings. The Balaban J connectivity index is 1.83. The van der Waals surface area contributed by atoms with Crippen LogP contribution < -0.4 is 0 Å². The summed E-state index contributed by atoms with van der Waals surface area (Å²) in [6.07, 6.45) is 3.21. The number of hydrogen-bond donors (Lipinski definition) is 1. The lowest BCUT2D eigenvalue weighted by Gasteiger charge is -2.28. The van der Waals surface area contributed by atoms with E-state index in [9.17, 15) is 5.11 Å². The van der Waals surface area contributed by atoms with Gasteiger partial charge in [0.1, 0.15) is 0 Å². The Bertz CT molecular complexity index is 1070. The van der Waals surface area contributed by atoms with E-state index in [4.69, 9.17) is 5.26 Å². The van der Waals surface area contributed by atoms with Gasteiger partial charge in [-0.3, -0.25) is 0 Å². The molecule has 0 spiro atoms. The van der Waals surface area contributed by atoms with Gasteiger partial charge in [-0.2, -0.15) is 5.26 Å². The number of aromatic nitrogens is 1. The maximum Gasteiger partial charge on any atom is 0.0991 e. The van der Waals surface area contributed by atoms with Crippen LogP contribution in [-0.4, -0.2) is 34.2 Å². The minimum absolute atomic E-state index is 0.431. The van der Waals surface area contributed by atoms with E-state index >= 15 is 0 Å². The summed E-state index contributed by atoms with van der Waals surface area (Å²) in [6.45, 7) is 9.33. The average Bonchev–Trinajstić information content (AvgIpc) is 3.05. The predicted molar refractivity (Wildman–Crippen MR) is 122 cm³/mol. The minimum atomic E-state index is -0.518. The van der Waals surface area contributed by atoms with E-state index in [1.165, 1.54) is 24.8 Å². The van der Waals surface area contributed by atoms with E-state index in [2.05, 4.69) is 54.5 Å². The van der Waals surface area contributed by atoms with Gasteiger partial charge in [0.25, 0.3) is 0 Å². The van der Waals surface area contributed by atoms with Crippen LogP contribution in [0.4, 0.5) is 0 Å².